The zero-order valence-electron chi connectivity index (χ0n) is 14.4. The molecule has 3 N–H and O–H groups in total. The first-order valence-corrected chi connectivity index (χ1v) is 9.19. The minimum absolute atomic E-state index is 0.0521. The molecule has 1 aromatic heterocycles. The van der Waals surface area contributed by atoms with Crippen molar-refractivity contribution in [3.05, 3.63) is 64.8 Å². The number of hydrogen-bond donors (Lipinski definition) is 3. The lowest BCUT2D eigenvalue weighted by Gasteiger charge is -2.25. The quantitative estimate of drug-likeness (QED) is 0.540. The van der Waals surface area contributed by atoms with Crippen molar-refractivity contribution in [3.63, 3.8) is 0 Å². The number of hydrogen-bond acceptors (Lipinski definition) is 5. The number of hydrazine groups is 1. The molecule has 0 radical (unpaired) electrons. The number of carbonyl (C=O) groups is 2. The maximum atomic E-state index is 12.3. The monoisotopic (exact) mass is 442 g/mol. The van der Waals surface area contributed by atoms with Gasteiger partial charge in [-0.3, -0.25) is 25.5 Å². The van der Waals surface area contributed by atoms with Crippen LogP contribution < -0.4 is 20.3 Å². The van der Waals surface area contributed by atoms with Crippen molar-refractivity contribution in [2.24, 2.45) is 0 Å². The number of nitrogens with one attached hydrogen (secondary N) is 3. The van der Waals surface area contributed by atoms with E-state index in [0.717, 1.165) is 10.0 Å². The van der Waals surface area contributed by atoms with Gasteiger partial charge in [0.2, 0.25) is 6.10 Å². The summed E-state index contributed by atoms with van der Waals surface area (Å²) in [5.74, 6) is 0.0123. The summed E-state index contributed by atoms with van der Waals surface area (Å²) in [5.41, 5.74) is 6.36. The molecule has 0 aliphatic carbocycles. The predicted octanol–water partition coefficient (Wildman–Crippen LogP) is 2.44. The molecule has 3 aromatic rings. The summed E-state index contributed by atoms with van der Waals surface area (Å²) in [4.78, 5) is 24.5. The smallest absolute Gasteiger partial charge is 0.287 e. The van der Waals surface area contributed by atoms with Crippen LogP contribution in [0.1, 0.15) is 10.5 Å². The summed E-state index contributed by atoms with van der Waals surface area (Å²) in [6, 6.07) is 16.2. The second-order valence-corrected chi connectivity index (χ2v) is 6.90. The first-order chi connectivity index (χ1) is 13.6. The van der Waals surface area contributed by atoms with Gasteiger partial charge in [-0.1, -0.05) is 40.2 Å². The van der Waals surface area contributed by atoms with Crippen molar-refractivity contribution < 1.29 is 19.1 Å². The highest BCUT2D eigenvalue weighted by Crippen LogP contribution is 2.30. The fraction of sp³-hybridized carbons (Fsp3) is 0.105. The van der Waals surface area contributed by atoms with Crippen molar-refractivity contribution in [1.82, 2.24) is 21.0 Å². The Labute approximate surface area is 168 Å². The predicted molar refractivity (Wildman–Crippen MR) is 104 cm³/mol. The SMILES string of the molecule is O=C(NNC(=O)[C@H]1COc2ccccc2O1)c1cc(-c2ccc(Br)cc2)n[nH]1. The van der Waals surface area contributed by atoms with Gasteiger partial charge in [-0.25, -0.2) is 0 Å². The summed E-state index contributed by atoms with van der Waals surface area (Å²) in [7, 11) is 0. The molecule has 0 saturated heterocycles. The highest BCUT2D eigenvalue weighted by molar-refractivity contribution is 9.10. The number of ether oxygens (including phenoxy) is 2. The third kappa shape index (κ3) is 3.84. The Morgan fingerprint density at radius 2 is 1.82 bits per heavy atom. The minimum Gasteiger partial charge on any atom is -0.485 e. The van der Waals surface area contributed by atoms with E-state index in [4.69, 9.17) is 9.47 Å². The van der Waals surface area contributed by atoms with Gasteiger partial charge >= 0.3 is 0 Å². The van der Waals surface area contributed by atoms with E-state index in [1.165, 1.54) is 0 Å². The van der Waals surface area contributed by atoms with Crippen LogP contribution in [0.4, 0.5) is 0 Å². The Hall–Kier alpha value is -3.33. The molecule has 9 heteroatoms. The average Bonchev–Trinajstić information content (AvgIpc) is 3.22. The molecule has 142 valence electrons. The van der Waals surface area contributed by atoms with Crippen molar-refractivity contribution in [3.8, 4) is 22.8 Å². The van der Waals surface area contributed by atoms with Gasteiger partial charge in [0.05, 0.1) is 5.69 Å². The van der Waals surface area contributed by atoms with Gasteiger partial charge in [0.25, 0.3) is 11.8 Å². The largest absolute Gasteiger partial charge is 0.485 e. The molecule has 0 saturated carbocycles. The molecule has 2 heterocycles. The van der Waals surface area contributed by atoms with E-state index in [0.29, 0.717) is 17.2 Å². The Morgan fingerprint density at radius 3 is 2.61 bits per heavy atom. The van der Waals surface area contributed by atoms with Gasteiger partial charge in [0.15, 0.2) is 11.5 Å². The normalized spacial score (nSPS) is 15.0. The molecule has 1 aliphatic heterocycles. The summed E-state index contributed by atoms with van der Waals surface area (Å²) in [6.07, 6.45) is -0.865. The summed E-state index contributed by atoms with van der Waals surface area (Å²) in [6.45, 7) is 0.0521. The molecule has 1 atom stereocenters. The standard InChI is InChI=1S/C19H15BrN4O4/c20-12-7-5-11(6-8-12)13-9-14(22-21-13)18(25)23-24-19(26)17-10-27-15-3-1-2-4-16(15)28-17/h1-9,17H,10H2,(H,21,22)(H,23,25)(H,24,26)/t17-/m1/s1. The molecule has 0 unspecified atom stereocenters. The van der Waals surface area contributed by atoms with E-state index in [1.807, 2.05) is 30.3 Å². The number of fused-ring (bicyclic) bond motifs is 1. The highest BCUT2D eigenvalue weighted by Gasteiger charge is 2.27. The Morgan fingerprint density at radius 1 is 1.07 bits per heavy atom. The number of carbonyl (C=O) groups excluding carboxylic acids is 2. The number of amides is 2. The molecule has 0 spiro atoms. The molecule has 8 nitrogen and oxygen atoms in total. The van der Waals surface area contributed by atoms with E-state index in [9.17, 15) is 9.59 Å². The van der Waals surface area contributed by atoms with Crippen LogP contribution >= 0.6 is 15.9 Å². The van der Waals surface area contributed by atoms with Crippen molar-refractivity contribution in [1.29, 1.82) is 0 Å². The van der Waals surface area contributed by atoms with Crippen LogP contribution in [0.2, 0.25) is 0 Å². The number of aromatic nitrogens is 2. The van der Waals surface area contributed by atoms with Crippen molar-refractivity contribution >= 4 is 27.7 Å². The number of H-pyrrole nitrogens is 1. The maximum Gasteiger partial charge on any atom is 0.287 e. The first-order valence-electron chi connectivity index (χ1n) is 8.40. The van der Waals surface area contributed by atoms with E-state index in [2.05, 4.69) is 37.0 Å². The van der Waals surface area contributed by atoms with Gasteiger partial charge < -0.3 is 9.47 Å². The molecule has 2 amide bonds. The molecule has 0 fully saturated rings. The van der Waals surface area contributed by atoms with Crippen LogP contribution in [-0.2, 0) is 4.79 Å². The van der Waals surface area contributed by atoms with Crippen LogP contribution in [0.15, 0.2) is 59.1 Å². The third-order valence-corrected chi connectivity index (χ3v) is 4.59. The van der Waals surface area contributed by atoms with Gasteiger partial charge in [-0.05, 0) is 30.3 Å². The lowest BCUT2D eigenvalue weighted by Crippen LogP contribution is -2.50. The number of para-hydroxylation sites is 2. The van der Waals surface area contributed by atoms with Crippen molar-refractivity contribution in [2.75, 3.05) is 6.61 Å². The van der Waals surface area contributed by atoms with E-state index >= 15 is 0 Å². The minimum atomic E-state index is -0.865. The summed E-state index contributed by atoms with van der Waals surface area (Å²) >= 11 is 3.37. The topological polar surface area (TPSA) is 105 Å². The lowest BCUT2D eigenvalue weighted by molar-refractivity contribution is -0.131. The van der Waals surface area contributed by atoms with Gasteiger partial charge in [0, 0.05) is 10.0 Å². The van der Waals surface area contributed by atoms with Crippen molar-refractivity contribution in [2.45, 2.75) is 6.10 Å². The van der Waals surface area contributed by atoms with Gasteiger partial charge in [0.1, 0.15) is 12.3 Å². The maximum absolute atomic E-state index is 12.3. The van der Waals surface area contributed by atoms with Gasteiger partial charge in [-0.15, -0.1) is 0 Å². The van der Waals surface area contributed by atoms with Crippen LogP contribution in [0, 0.1) is 0 Å². The van der Waals surface area contributed by atoms with Gasteiger partial charge in [-0.2, -0.15) is 5.10 Å². The molecule has 28 heavy (non-hydrogen) atoms. The van der Waals surface area contributed by atoms with Crippen LogP contribution in [0.25, 0.3) is 11.3 Å². The second kappa shape index (κ2) is 7.73. The van der Waals surface area contributed by atoms with Crippen LogP contribution in [0.5, 0.6) is 11.5 Å². The average molecular weight is 443 g/mol. The molecular weight excluding hydrogens is 428 g/mol. The second-order valence-electron chi connectivity index (χ2n) is 5.98. The molecule has 0 bridgehead atoms. The Balaban J connectivity index is 1.34. The molecule has 2 aromatic carbocycles. The molecule has 1 aliphatic rings. The van der Waals surface area contributed by atoms with E-state index < -0.39 is 17.9 Å². The number of rotatable bonds is 3. The van der Waals surface area contributed by atoms with Crippen LogP contribution in [0.3, 0.4) is 0 Å². The fourth-order valence-electron chi connectivity index (χ4n) is 2.62. The van der Waals surface area contributed by atoms with E-state index in [-0.39, 0.29) is 12.3 Å². The first kappa shape index (κ1) is 18.1. The van der Waals surface area contributed by atoms with Crippen LogP contribution in [-0.4, -0.2) is 34.7 Å². The highest BCUT2D eigenvalue weighted by atomic mass is 79.9. The zero-order chi connectivity index (χ0) is 19.5. The number of aromatic amines is 1. The Kier molecular flexibility index (Phi) is 4.98. The van der Waals surface area contributed by atoms with E-state index in [1.54, 1.807) is 24.3 Å². The lowest BCUT2D eigenvalue weighted by atomic mass is 10.1. The number of nitrogens with zero attached hydrogens (tertiary/aromatic N) is 1. The molecule has 4 rings (SSSR count). The number of benzene rings is 2. The summed E-state index contributed by atoms with van der Waals surface area (Å²) in [5, 5.41) is 6.77. The molecular formula is C19H15BrN4O4. The third-order valence-electron chi connectivity index (χ3n) is 4.06. The fourth-order valence-corrected chi connectivity index (χ4v) is 2.89. The number of halogens is 1. The Bertz CT molecular complexity index is 1020. The summed E-state index contributed by atoms with van der Waals surface area (Å²) < 4.78 is 12.0. The zero-order valence-corrected chi connectivity index (χ0v) is 16.0.